The quantitative estimate of drug-likeness (QED) is 0.575. The minimum absolute atomic E-state index is 0.217. The van der Waals surface area contributed by atoms with Crippen LogP contribution < -0.4 is 16.6 Å². The van der Waals surface area contributed by atoms with E-state index < -0.39 is 0 Å². The van der Waals surface area contributed by atoms with Gasteiger partial charge in [0.15, 0.2) is 5.82 Å². The second-order valence-electron chi connectivity index (χ2n) is 4.87. The summed E-state index contributed by atoms with van der Waals surface area (Å²) in [6.45, 7) is 3.23. The van der Waals surface area contributed by atoms with Gasteiger partial charge in [-0.3, -0.25) is 4.79 Å². The highest BCUT2D eigenvalue weighted by Gasteiger charge is 2.29. The zero-order chi connectivity index (χ0) is 13.9. The van der Waals surface area contributed by atoms with Crippen LogP contribution in [0.2, 0.25) is 5.02 Å². The molecule has 1 aliphatic heterocycles. The Balaban J connectivity index is 2.09. The maximum absolute atomic E-state index is 12.2. The van der Waals surface area contributed by atoms with Crippen molar-refractivity contribution in [1.82, 2.24) is 10.3 Å². The molecule has 2 rings (SSSR count). The zero-order valence-corrected chi connectivity index (χ0v) is 11.5. The number of hydrogen-bond donors (Lipinski definition) is 3. The van der Waals surface area contributed by atoms with Crippen LogP contribution in [0.25, 0.3) is 0 Å². The van der Waals surface area contributed by atoms with Gasteiger partial charge in [0.05, 0.1) is 22.7 Å². The number of rotatable bonds is 3. The van der Waals surface area contributed by atoms with Crippen LogP contribution in [-0.4, -0.2) is 29.6 Å². The van der Waals surface area contributed by atoms with Crippen LogP contribution in [0.5, 0.6) is 0 Å². The lowest BCUT2D eigenvalue weighted by Crippen LogP contribution is -2.51. The average Bonchev–Trinajstić information content (AvgIpc) is 2.39. The van der Waals surface area contributed by atoms with E-state index >= 15 is 0 Å². The fraction of sp³-hybridized carbons (Fsp3) is 0.500. The molecule has 1 fully saturated rings. The Morgan fingerprint density at radius 1 is 1.63 bits per heavy atom. The molecule has 0 radical (unpaired) electrons. The summed E-state index contributed by atoms with van der Waals surface area (Å²) in [6, 6.07) is 1.53. The van der Waals surface area contributed by atoms with Crippen molar-refractivity contribution in [2.75, 3.05) is 18.6 Å². The monoisotopic (exact) mass is 284 g/mol. The van der Waals surface area contributed by atoms with Gasteiger partial charge in [0, 0.05) is 12.8 Å². The van der Waals surface area contributed by atoms with Crippen molar-refractivity contribution >= 4 is 23.3 Å². The van der Waals surface area contributed by atoms with Crippen molar-refractivity contribution < 1.29 is 9.53 Å². The van der Waals surface area contributed by atoms with E-state index in [1.165, 1.54) is 12.3 Å². The van der Waals surface area contributed by atoms with Gasteiger partial charge in [-0.15, -0.1) is 0 Å². The Labute approximate surface area is 116 Å². The summed E-state index contributed by atoms with van der Waals surface area (Å²) in [7, 11) is 0. The SMILES string of the molecule is CC1(NC(=O)c2cnc(NN)c(Cl)c2)CCCOC1. The third kappa shape index (κ3) is 3.34. The summed E-state index contributed by atoms with van der Waals surface area (Å²) in [5.41, 5.74) is 2.41. The summed E-state index contributed by atoms with van der Waals surface area (Å²) >= 11 is 5.94. The fourth-order valence-corrected chi connectivity index (χ4v) is 2.27. The van der Waals surface area contributed by atoms with E-state index in [-0.39, 0.29) is 11.4 Å². The normalized spacial score (nSPS) is 22.9. The van der Waals surface area contributed by atoms with Gasteiger partial charge in [-0.1, -0.05) is 11.6 Å². The first-order valence-electron chi connectivity index (χ1n) is 6.06. The molecule has 0 saturated carbocycles. The molecule has 0 aliphatic carbocycles. The largest absolute Gasteiger partial charge is 0.379 e. The van der Waals surface area contributed by atoms with Gasteiger partial charge >= 0.3 is 0 Å². The predicted octanol–water partition coefficient (Wildman–Crippen LogP) is 1.32. The predicted molar refractivity (Wildman–Crippen MR) is 73.0 cm³/mol. The lowest BCUT2D eigenvalue weighted by molar-refractivity contribution is 0.0272. The lowest BCUT2D eigenvalue weighted by atomic mass is 9.94. The van der Waals surface area contributed by atoms with Crippen LogP contribution in [0.1, 0.15) is 30.1 Å². The number of amides is 1. The highest BCUT2D eigenvalue weighted by molar-refractivity contribution is 6.33. The van der Waals surface area contributed by atoms with E-state index in [1.807, 2.05) is 6.92 Å². The third-order valence-corrected chi connectivity index (χ3v) is 3.38. The van der Waals surface area contributed by atoms with Crippen LogP contribution in [0.15, 0.2) is 12.3 Å². The number of nitrogens with zero attached hydrogens (tertiary/aromatic N) is 1. The van der Waals surface area contributed by atoms with Gasteiger partial charge in [-0.05, 0) is 25.8 Å². The van der Waals surface area contributed by atoms with E-state index in [4.69, 9.17) is 22.2 Å². The molecule has 7 heteroatoms. The summed E-state index contributed by atoms with van der Waals surface area (Å²) < 4.78 is 5.40. The molecule has 1 aromatic rings. The number of ether oxygens (including phenoxy) is 1. The Kier molecular flexibility index (Phi) is 4.24. The number of nitrogens with one attached hydrogen (secondary N) is 2. The smallest absolute Gasteiger partial charge is 0.253 e. The molecule has 0 aromatic carbocycles. The van der Waals surface area contributed by atoms with Gasteiger partial charge in [-0.25, -0.2) is 10.8 Å². The summed E-state index contributed by atoms with van der Waals surface area (Å²) in [4.78, 5) is 16.1. The Hall–Kier alpha value is -1.37. The second kappa shape index (κ2) is 5.73. The first-order valence-corrected chi connectivity index (χ1v) is 6.44. The van der Waals surface area contributed by atoms with Gasteiger partial charge in [-0.2, -0.15) is 0 Å². The van der Waals surface area contributed by atoms with Gasteiger partial charge in [0.25, 0.3) is 5.91 Å². The molecule has 1 aromatic heterocycles. The molecule has 4 N–H and O–H groups in total. The Bertz CT molecular complexity index is 475. The van der Waals surface area contributed by atoms with Crippen LogP contribution in [0.3, 0.4) is 0 Å². The molecular weight excluding hydrogens is 268 g/mol. The van der Waals surface area contributed by atoms with E-state index in [0.717, 1.165) is 19.4 Å². The molecule has 19 heavy (non-hydrogen) atoms. The van der Waals surface area contributed by atoms with Crippen molar-refractivity contribution in [3.8, 4) is 0 Å². The number of hydrogen-bond acceptors (Lipinski definition) is 5. The Morgan fingerprint density at radius 3 is 3.00 bits per heavy atom. The standard InChI is InChI=1S/C12H17ClN4O2/c1-12(3-2-4-19-7-12)16-11(18)8-5-9(13)10(17-14)15-6-8/h5-6H,2-4,7,14H2,1H3,(H,15,17)(H,16,18). The van der Waals surface area contributed by atoms with E-state index in [2.05, 4.69) is 15.7 Å². The minimum Gasteiger partial charge on any atom is -0.379 e. The number of aromatic nitrogens is 1. The van der Waals surface area contributed by atoms with Crippen LogP contribution in [0, 0.1) is 0 Å². The van der Waals surface area contributed by atoms with Crippen LogP contribution in [-0.2, 0) is 4.74 Å². The average molecular weight is 285 g/mol. The van der Waals surface area contributed by atoms with Crippen molar-refractivity contribution in [3.05, 3.63) is 22.8 Å². The van der Waals surface area contributed by atoms with Gasteiger partial charge < -0.3 is 15.5 Å². The number of pyridine rings is 1. The number of nitrogen functional groups attached to an aromatic ring is 1. The number of carbonyl (C=O) groups excluding carboxylic acids is 1. The number of nitrogens with two attached hydrogens (primary N) is 1. The van der Waals surface area contributed by atoms with Gasteiger partial charge in [0.1, 0.15) is 0 Å². The molecule has 1 atom stereocenters. The number of hydrazine groups is 1. The maximum Gasteiger partial charge on any atom is 0.253 e. The van der Waals surface area contributed by atoms with Gasteiger partial charge in [0.2, 0.25) is 0 Å². The minimum atomic E-state index is -0.341. The van der Waals surface area contributed by atoms with E-state index in [9.17, 15) is 4.79 Å². The zero-order valence-electron chi connectivity index (χ0n) is 10.7. The molecule has 104 valence electrons. The van der Waals surface area contributed by atoms with Crippen molar-refractivity contribution in [2.45, 2.75) is 25.3 Å². The summed E-state index contributed by atoms with van der Waals surface area (Å²) in [5.74, 6) is 5.35. The molecule has 1 saturated heterocycles. The molecule has 1 unspecified atom stereocenters. The maximum atomic E-state index is 12.2. The lowest BCUT2D eigenvalue weighted by Gasteiger charge is -2.34. The molecule has 1 amide bonds. The topological polar surface area (TPSA) is 89.3 Å². The molecule has 0 bridgehead atoms. The molecule has 6 nitrogen and oxygen atoms in total. The second-order valence-corrected chi connectivity index (χ2v) is 5.28. The Morgan fingerprint density at radius 2 is 2.42 bits per heavy atom. The number of halogens is 1. The van der Waals surface area contributed by atoms with E-state index in [1.54, 1.807) is 0 Å². The summed E-state index contributed by atoms with van der Waals surface area (Å²) in [5, 5.41) is 3.27. The highest BCUT2D eigenvalue weighted by atomic mass is 35.5. The molecule has 2 heterocycles. The van der Waals surface area contributed by atoms with Crippen molar-refractivity contribution in [2.24, 2.45) is 5.84 Å². The number of anilines is 1. The molecule has 0 spiro atoms. The highest BCUT2D eigenvalue weighted by Crippen LogP contribution is 2.21. The van der Waals surface area contributed by atoms with Crippen LogP contribution >= 0.6 is 11.6 Å². The van der Waals surface area contributed by atoms with Crippen molar-refractivity contribution in [3.63, 3.8) is 0 Å². The van der Waals surface area contributed by atoms with E-state index in [0.29, 0.717) is 23.0 Å². The van der Waals surface area contributed by atoms with Crippen molar-refractivity contribution in [1.29, 1.82) is 0 Å². The first-order chi connectivity index (χ1) is 9.04. The molecule has 1 aliphatic rings. The fourth-order valence-electron chi connectivity index (χ4n) is 2.05. The first kappa shape index (κ1) is 14.0. The third-order valence-electron chi connectivity index (χ3n) is 3.09. The van der Waals surface area contributed by atoms with Crippen LogP contribution in [0.4, 0.5) is 5.82 Å². The number of carbonyl (C=O) groups is 1. The molecular formula is C12H17ClN4O2. The summed E-state index contributed by atoms with van der Waals surface area (Å²) in [6.07, 6.45) is 3.26.